The lowest BCUT2D eigenvalue weighted by Gasteiger charge is -2.33. The van der Waals surface area contributed by atoms with Crippen LogP contribution in [0.25, 0.3) is 0 Å². The minimum absolute atomic E-state index is 0.300. The van der Waals surface area contributed by atoms with Crippen LogP contribution in [-0.4, -0.2) is 59.5 Å². The third kappa shape index (κ3) is 10.2. The number of rotatable bonds is 12. The van der Waals surface area contributed by atoms with Gasteiger partial charge in [0, 0.05) is 6.54 Å². The summed E-state index contributed by atoms with van der Waals surface area (Å²) in [5, 5.41) is 15.0. The van der Waals surface area contributed by atoms with Crippen molar-refractivity contribution in [3.8, 4) is 6.07 Å². The Morgan fingerprint density at radius 1 is 1.21 bits per heavy atom. The predicted molar refractivity (Wildman–Crippen MR) is 131 cm³/mol. The summed E-state index contributed by atoms with van der Waals surface area (Å²) in [5.41, 5.74) is -0.133. The molecular formula is C24H36N4O4S. The predicted octanol–water partition coefficient (Wildman–Crippen LogP) is 3.64. The van der Waals surface area contributed by atoms with Gasteiger partial charge >= 0.3 is 6.09 Å². The second-order valence-corrected chi connectivity index (χ2v) is 9.55. The van der Waals surface area contributed by atoms with Gasteiger partial charge in [-0.2, -0.15) is 17.0 Å². The van der Waals surface area contributed by atoms with Gasteiger partial charge < -0.3 is 20.3 Å². The molecule has 3 amide bonds. The molecule has 0 aromatic heterocycles. The Kier molecular flexibility index (Phi) is 12.4. The Balaban J connectivity index is 3.28. The van der Waals surface area contributed by atoms with Gasteiger partial charge in [-0.05, 0) is 51.2 Å². The van der Waals surface area contributed by atoms with Gasteiger partial charge in [0.25, 0.3) is 0 Å². The largest absolute Gasteiger partial charge is 0.444 e. The number of hydrogen-bond donors (Lipinski definition) is 2. The summed E-state index contributed by atoms with van der Waals surface area (Å²) in [6.07, 6.45) is 3.22. The van der Waals surface area contributed by atoms with Gasteiger partial charge in [0.1, 0.15) is 24.2 Å². The molecule has 9 heteroatoms. The van der Waals surface area contributed by atoms with Crippen molar-refractivity contribution in [3.63, 3.8) is 0 Å². The molecule has 1 aromatic carbocycles. The minimum atomic E-state index is -0.993. The summed E-state index contributed by atoms with van der Waals surface area (Å²) in [6, 6.07) is 8.95. The molecule has 1 aromatic rings. The summed E-state index contributed by atoms with van der Waals surface area (Å²) in [4.78, 5) is 40.4. The number of nitriles is 1. The molecule has 2 atom stereocenters. The number of carbonyl (C=O) groups is 3. The molecule has 182 valence electrons. The molecule has 0 spiro atoms. The number of unbranched alkanes of at least 4 members (excludes halogenated alkanes) is 1. The number of ether oxygens (including phenoxy) is 1. The molecule has 0 aliphatic carbocycles. The van der Waals surface area contributed by atoms with E-state index in [0.29, 0.717) is 24.3 Å². The summed E-state index contributed by atoms with van der Waals surface area (Å²) in [6.45, 7) is 7.40. The van der Waals surface area contributed by atoms with Crippen molar-refractivity contribution in [2.24, 2.45) is 0 Å². The van der Waals surface area contributed by atoms with E-state index < -0.39 is 29.7 Å². The Labute approximate surface area is 201 Å². The van der Waals surface area contributed by atoms with Crippen LogP contribution in [0, 0.1) is 11.3 Å². The maximum absolute atomic E-state index is 13.6. The fraction of sp³-hybridized carbons (Fsp3) is 0.583. The molecule has 0 fully saturated rings. The number of amides is 3. The smallest absolute Gasteiger partial charge is 0.408 e. The lowest BCUT2D eigenvalue weighted by atomic mass is 10.0. The summed E-state index contributed by atoms with van der Waals surface area (Å²) in [7, 11) is 0. The minimum Gasteiger partial charge on any atom is -0.444 e. The number of nitrogens with zero attached hydrogens (tertiary/aromatic N) is 2. The van der Waals surface area contributed by atoms with Crippen molar-refractivity contribution >= 4 is 29.7 Å². The van der Waals surface area contributed by atoms with Gasteiger partial charge in [-0.15, -0.1) is 0 Å². The highest BCUT2D eigenvalue weighted by atomic mass is 32.2. The van der Waals surface area contributed by atoms with Crippen LogP contribution in [0.1, 0.15) is 58.6 Å². The lowest BCUT2D eigenvalue weighted by Crippen LogP contribution is -2.53. The maximum atomic E-state index is 13.6. The fourth-order valence-electron chi connectivity index (χ4n) is 3.11. The first-order valence-electron chi connectivity index (χ1n) is 11.1. The maximum Gasteiger partial charge on any atom is 0.408 e. The molecule has 0 heterocycles. The summed E-state index contributed by atoms with van der Waals surface area (Å²) < 4.78 is 5.32. The van der Waals surface area contributed by atoms with Crippen molar-refractivity contribution in [2.75, 3.05) is 25.1 Å². The quantitative estimate of drug-likeness (QED) is 0.352. The average Bonchev–Trinajstić information content (AvgIpc) is 2.75. The van der Waals surface area contributed by atoms with Crippen molar-refractivity contribution in [1.82, 2.24) is 15.5 Å². The molecule has 1 rings (SSSR count). The van der Waals surface area contributed by atoms with Crippen LogP contribution in [0.4, 0.5) is 4.79 Å². The first kappa shape index (κ1) is 28.3. The van der Waals surface area contributed by atoms with Gasteiger partial charge in [0.2, 0.25) is 11.8 Å². The molecule has 2 N–H and O–H groups in total. The third-order valence-electron chi connectivity index (χ3n) is 4.63. The Hall–Kier alpha value is -2.73. The van der Waals surface area contributed by atoms with E-state index in [4.69, 9.17) is 4.74 Å². The topological polar surface area (TPSA) is 112 Å². The standard InChI is InChI=1S/C24H36N4O4S/c1-6-7-15-26-21(29)20(18-11-9-8-10-12-18)28(16-14-25)22(30)19(13-17-33-5)27-23(31)32-24(2,3)4/h8-12,19-20H,6-7,13,15-17H2,1-5H3,(H,26,29)(H,27,31). The molecule has 2 unspecified atom stereocenters. The first-order valence-corrected chi connectivity index (χ1v) is 12.5. The van der Waals surface area contributed by atoms with Crippen molar-refractivity contribution < 1.29 is 19.1 Å². The lowest BCUT2D eigenvalue weighted by molar-refractivity contribution is -0.141. The van der Waals surface area contributed by atoms with E-state index in [0.717, 1.165) is 12.8 Å². The highest BCUT2D eigenvalue weighted by Crippen LogP contribution is 2.23. The molecule has 0 saturated heterocycles. The molecule has 0 bridgehead atoms. The van der Waals surface area contributed by atoms with Crippen LogP contribution in [0.3, 0.4) is 0 Å². The van der Waals surface area contributed by atoms with E-state index in [2.05, 4.69) is 10.6 Å². The van der Waals surface area contributed by atoms with Gasteiger partial charge in [0.15, 0.2) is 0 Å². The van der Waals surface area contributed by atoms with E-state index in [-0.39, 0.29) is 12.5 Å². The van der Waals surface area contributed by atoms with Crippen LogP contribution in [0.15, 0.2) is 30.3 Å². The molecule has 0 aliphatic heterocycles. The van der Waals surface area contributed by atoms with E-state index in [1.54, 1.807) is 45.0 Å². The fourth-order valence-corrected chi connectivity index (χ4v) is 3.58. The third-order valence-corrected chi connectivity index (χ3v) is 5.27. The van der Waals surface area contributed by atoms with E-state index >= 15 is 0 Å². The number of thioether (sulfide) groups is 1. The normalized spacial score (nSPS) is 12.7. The van der Waals surface area contributed by atoms with Crippen molar-refractivity contribution in [1.29, 1.82) is 5.26 Å². The Morgan fingerprint density at radius 3 is 2.42 bits per heavy atom. The number of alkyl carbamates (subject to hydrolysis) is 1. The highest BCUT2D eigenvalue weighted by Gasteiger charge is 2.35. The summed E-state index contributed by atoms with van der Waals surface area (Å²) >= 11 is 1.53. The van der Waals surface area contributed by atoms with Gasteiger partial charge in [-0.1, -0.05) is 43.7 Å². The molecular weight excluding hydrogens is 440 g/mol. The number of nitrogens with one attached hydrogen (secondary N) is 2. The average molecular weight is 477 g/mol. The van der Waals surface area contributed by atoms with Crippen LogP contribution in [0.2, 0.25) is 0 Å². The molecule has 8 nitrogen and oxygen atoms in total. The second kappa shape index (κ2) is 14.4. The zero-order chi connectivity index (χ0) is 24.9. The summed E-state index contributed by atoms with van der Waals surface area (Å²) in [5.74, 6) is -0.263. The molecule has 0 aliphatic rings. The first-order chi connectivity index (χ1) is 15.6. The highest BCUT2D eigenvalue weighted by molar-refractivity contribution is 7.98. The van der Waals surface area contributed by atoms with Crippen LogP contribution < -0.4 is 10.6 Å². The Bertz CT molecular complexity index is 805. The number of carbonyl (C=O) groups excluding carboxylic acids is 3. The molecule has 0 saturated carbocycles. The van der Waals surface area contributed by atoms with E-state index in [1.165, 1.54) is 16.7 Å². The van der Waals surface area contributed by atoms with Crippen LogP contribution in [-0.2, 0) is 14.3 Å². The van der Waals surface area contributed by atoms with Crippen molar-refractivity contribution in [2.45, 2.75) is 64.6 Å². The van der Waals surface area contributed by atoms with Crippen molar-refractivity contribution in [3.05, 3.63) is 35.9 Å². The van der Waals surface area contributed by atoms with Crippen LogP contribution >= 0.6 is 11.8 Å². The van der Waals surface area contributed by atoms with Gasteiger partial charge in [-0.3, -0.25) is 9.59 Å². The Morgan fingerprint density at radius 2 is 1.88 bits per heavy atom. The zero-order valence-electron chi connectivity index (χ0n) is 20.2. The number of benzene rings is 1. The zero-order valence-corrected chi connectivity index (χ0v) is 21.0. The van der Waals surface area contributed by atoms with E-state index in [1.807, 2.05) is 25.3 Å². The molecule has 0 radical (unpaired) electrons. The van der Waals surface area contributed by atoms with Gasteiger partial charge in [-0.25, -0.2) is 4.79 Å². The molecule has 33 heavy (non-hydrogen) atoms. The monoisotopic (exact) mass is 476 g/mol. The van der Waals surface area contributed by atoms with Crippen LogP contribution in [0.5, 0.6) is 0 Å². The second-order valence-electron chi connectivity index (χ2n) is 8.56. The van der Waals surface area contributed by atoms with Gasteiger partial charge in [0.05, 0.1) is 6.07 Å². The SMILES string of the molecule is CCCCNC(=O)C(c1ccccc1)N(CC#N)C(=O)C(CCSC)NC(=O)OC(C)(C)C. The number of hydrogen-bond acceptors (Lipinski definition) is 6. The van der Waals surface area contributed by atoms with E-state index in [9.17, 15) is 19.6 Å².